The van der Waals surface area contributed by atoms with Gasteiger partial charge in [-0.25, -0.2) is 0 Å². The maximum absolute atomic E-state index is 5.70. The van der Waals surface area contributed by atoms with Crippen molar-refractivity contribution >= 4 is 11.9 Å². The fraction of sp³-hybridized carbons (Fsp3) is 0.750. The molecule has 100 valence electrons. The van der Waals surface area contributed by atoms with Gasteiger partial charge in [0.05, 0.1) is 6.61 Å². The molecule has 0 radical (unpaired) electrons. The summed E-state index contributed by atoms with van der Waals surface area (Å²) in [6, 6.07) is 0.273. The summed E-state index contributed by atoms with van der Waals surface area (Å²) >= 11 is 0. The molecule has 6 heteroatoms. The Kier molecular flexibility index (Phi) is 3.96. The second-order valence-electron chi connectivity index (χ2n) is 5.09. The third-order valence-electron chi connectivity index (χ3n) is 3.22. The molecule has 2 atom stereocenters. The van der Waals surface area contributed by atoms with Crippen LogP contribution in [0, 0.1) is 5.92 Å². The lowest BCUT2D eigenvalue weighted by atomic mass is 10.0. The summed E-state index contributed by atoms with van der Waals surface area (Å²) in [7, 11) is 0. The van der Waals surface area contributed by atoms with Gasteiger partial charge in [0, 0.05) is 24.5 Å². The van der Waals surface area contributed by atoms with Crippen molar-refractivity contribution in [2.45, 2.75) is 39.2 Å². The summed E-state index contributed by atoms with van der Waals surface area (Å²) in [6.07, 6.45) is 1.08. The fourth-order valence-electron chi connectivity index (χ4n) is 2.00. The molecule has 18 heavy (non-hydrogen) atoms. The molecule has 6 nitrogen and oxygen atoms in total. The van der Waals surface area contributed by atoms with Gasteiger partial charge in [-0.15, -0.1) is 0 Å². The lowest BCUT2D eigenvalue weighted by molar-refractivity contribution is 0.183. The summed E-state index contributed by atoms with van der Waals surface area (Å²) in [6.45, 7) is 7.83. The van der Waals surface area contributed by atoms with Gasteiger partial charge in [0.1, 0.15) is 5.82 Å². The number of nitrogen functional groups attached to an aromatic ring is 1. The van der Waals surface area contributed by atoms with Crippen molar-refractivity contribution in [2.75, 3.05) is 24.3 Å². The number of nitrogens with two attached hydrogens (primary N) is 1. The van der Waals surface area contributed by atoms with E-state index in [1.807, 2.05) is 13.8 Å². The van der Waals surface area contributed by atoms with Crippen LogP contribution in [-0.2, 0) is 4.74 Å². The smallest absolute Gasteiger partial charge is 0.227 e. The van der Waals surface area contributed by atoms with Crippen molar-refractivity contribution in [2.24, 2.45) is 5.92 Å². The monoisotopic (exact) mass is 251 g/mol. The highest BCUT2D eigenvalue weighted by molar-refractivity contribution is 5.32. The van der Waals surface area contributed by atoms with Crippen LogP contribution in [-0.4, -0.2) is 34.2 Å². The molecule has 0 saturated carbocycles. The Morgan fingerprint density at radius 2 is 2.06 bits per heavy atom. The predicted octanol–water partition coefficient (Wildman–Crippen LogP) is 1.41. The third kappa shape index (κ3) is 3.07. The van der Waals surface area contributed by atoms with Crippen LogP contribution in [0.4, 0.5) is 11.9 Å². The van der Waals surface area contributed by atoms with Crippen LogP contribution in [0.3, 0.4) is 0 Å². The quantitative estimate of drug-likeness (QED) is 0.841. The number of rotatable bonds is 4. The van der Waals surface area contributed by atoms with Crippen LogP contribution in [0.2, 0.25) is 0 Å². The zero-order chi connectivity index (χ0) is 13.1. The number of nitrogens with zero attached hydrogens (tertiary/aromatic N) is 3. The van der Waals surface area contributed by atoms with Crippen molar-refractivity contribution in [3.8, 4) is 0 Å². The van der Waals surface area contributed by atoms with Gasteiger partial charge in [-0.3, -0.25) is 0 Å². The summed E-state index contributed by atoms with van der Waals surface area (Å²) in [5, 5.41) is 3.30. The predicted molar refractivity (Wildman–Crippen MR) is 70.3 cm³/mol. The summed E-state index contributed by atoms with van der Waals surface area (Å²) < 4.78 is 5.38. The number of anilines is 2. The van der Waals surface area contributed by atoms with Gasteiger partial charge in [-0.1, -0.05) is 13.8 Å². The van der Waals surface area contributed by atoms with Crippen LogP contribution < -0.4 is 11.1 Å². The van der Waals surface area contributed by atoms with Crippen molar-refractivity contribution in [1.29, 1.82) is 0 Å². The minimum absolute atomic E-state index is 0.237. The molecule has 0 amide bonds. The molecule has 0 spiro atoms. The molecule has 1 saturated heterocycles. The molecule has 2 unspecified atom stereocenters. The van der Waals surface area contributed by atoms with Gasteiger partial charge in [0.25, 0.3) is 0 Å². The summed E-state index contributed by atoms with van der Waals surface area (Å²) in [5.41, 5.74) is 5.70. The van der Waals surface area contributed by atoms with Gasteiger partial charge in [-0.2, -0.15) is 15.0 Å². The van der Waals surface area contributed by atoms with Crippen molar-refractivity contribution in [1.82, 2.24) is 15.0 Å². The van der Waals surface area contributed by atoms with Crippen LogP contribution in [0.1, 0.15) is 38.9 Å². The first-order chi connectivity index (χ1) is 8.56. The SMILES string of the molecule is CC(C)c1nc(N)nc(NC(C)C2CCOC2)n1. The van der Waals surface area contributed by atoms with Crippen LogP contribution in [0.25, 0.3) is 0 Å². The number of hydrogen-bond acceptors (Lipinski definition) is 6. The van der Waals surface area contributed by atoms with E-state index < -0.39 is 0 Å². The average Bonchev–Trinajstić information content (AvgIpc) is 2.81. The van der Waals surface area contributed by atoms with Crippen LogP contribution in [0.5, 0.6) is 0 Å². The van der Waals surface area contributed by atoms with Crippen molar-refractivity contribution < 1.29 is 4.74 Å². The topological polar surface area (TPSA) is 86.0 Å². The molecule has 2 rings (SSSR count). The summed E-state index contributed by atoms with van der Waals surface area (Å²) in [4.78, 5) is 12.7. The molecule has 0 bridgehead atoms. The van der Waals surface area contributed by atoms with Crippen LogP contribution in [0.15, 0.2) is 0 Å². The first kappa shape index (κ1) is 13.0. The van der Waals surface area contributed by atoms with Gasteiger partial charge in [-0.05, 0) is 13.3 Å². The Balaban J connectivity index is 2.08. The van der Waals surface area contributed by atoms with Gasteiger partial charge in [0.2, 0.25) is 11.9 Å². The maximum Gasteiger partial charge on any atom is 0.227 e. The number of nitrogens with one attached hydrogen (secondary N) is 1. The van der Waals surface area contributed by atoms with E-state index >= 15 is 0 Å². The van der Waals surface area contributed by atoms with E-state index in [4.69, 9.17) is 10.5 Å². The first-order valence-electron chi connectivity index (χ1n) is 6.42. The molecule has 3 N–H and O–H groups in total. The van der Waals surface area contributed by atoms with Gasteiger partial charge < -0.3 is 15.8 Å². The molecule has 1 fully saturated rings. The van der Waals surface area contributed by atoms with Crippen molar-refractivity contribution in [3.63, 3.8) is 0 Å². The molecule has 0 aromatic carbocycles. The van der Waals surface area contributed by atoms with E-state index in [9.17, 15) is 0 Å². The second-order valence-corrected chi connectivity index (χ2v) is 5.09. The Bertz CT molecular complexity index is 403. The molecular weight excluding hydrogens is 230 g/mol. The highest BCUT2D eigenvalue weighted by Crippen LogP contribution is 2.19. The van der Waals surface area contributed by atoms with E-state index in [1.165, 1.54) is 0 Å². The first-order valence-corrected chi connectivity index (χ1v) is 6.42. The van der Waals surface area contributed by atoms with E-state index in [2.05, 4.69) is 27.2 Å². The number of hydrogen-bond donors (Lipinski definition) is 2. The normalized spacial score (nSPS) is 21.2. The Morgan fingerprint density at radius 1 is 1.28 bits per heavy atom. The Morgan fingerprint density at radius 3 is 2.67 bits per heavy atom. The van der Waals surface area contributed by atoms with E-state index in [1.54, 1.807) is 0 Å². The zero-order valence-electron chi connectivity index (χ0n) is 11.2. The molecule has 2 heterocycles. The molecule has 1 aromatic rings. The van der Waals surface area contributed by atoms with E-state index in [0.717, 1.165) is 25.5 Å². The van der Waals surface area contributed by atoms with E-state index in [0.29, 0.717) is 11.9 Å². The van der Waals surface area contributed by atoms with Crippen molar-refractivity contribution in [3.05, 3.63) is 5.82 Å². The second kappa shape index (κ2) is 5.48. The number of aromatic nitrogens is 3. The highest BCUT2D eigenvalue weighted by Gasteiger charge is 2.23. The maximum atomic E-state index is 5.70. The highest BCUT2D eigenvalue weighted by atomic mass is 16.5. The lowest BCUT2D eigenvalue weighted by Gasteiger charge is -2.19. The minimum atomic E-state index is 0.237. The third-order valence-corrected chi connectivity index (χ3v) is 3.22. The van der Waals surface area contributed by atoms with E-state index in [-0.39, 0.29) is 17.9 Å². The minimum Gasteiger partial charge on any atom is -0.381 e. The molecule has 1 aliphatic rings. The summed E-state index contributed by atoms with van der Waals surface area (Å²) in [5.74, 6) is 2.29. The Labute approximate surface area is 107 Å². The molecule has 1 aromatic heterocycles. The lowest BCUT2D eigenvalue weighted by Crippen LogP contribution is -2.27. The fourth-order valence-corrected chi connectivity index (χ4v) is 2.00. The molecule has 0 aliphatic carbocycles. The molecule has 1 aliphatic heterocycles. The number of ether oxygens (including phenoxy) is 1. The van der Waals surface area contributed by atoms with Gasteiger partial charge in [0.15, 0.2) is 0 Å². The Hall–Kier alpha value is -1.43. The standard InChI is InChI=1S/C12H21N5O/c1-7(2)10-15-11(13)17-12(16-10)14-8(3)9-4-5-18-6-9/h7-9H,4-6H2,1-3H3,(H3,13,14,15,16,17). The largest absolute Gasteiger partial charge is 0.381 e. The average molecular weight is 251 g/mol. The zero-order valence-corrected chi connectivity index (χ0v) is 11.2. The van der Waals surface area contributed by atoms with Gasteiger partial charge >= 0.3 is 0 Å². The molecular formula is C12H21N5O. The van der Waals surface area contributed by atoms with Crippen LogP contribution >= 0.6 is 0 Å².